The molecule has 0 aliphatic rings. The Morgan fingerprint density at radius 2 is 1.75 bits per heavy atom. The van der Waals surface area contributed by atoms with Gasteiger partial charge in [0.2, 0.25) is 0 Å². The quantitative estimate of drug-likeness (QED) is 0.780. The van der Waals surface area contributed by atoms with E-state index in [9.17, 15) is 17.4 Å². The van der Waals surface area contributed by atoms with Crippen molar-refractivity contribution in [3.05, 3.63) is 41.7 Å². The summed E-state index contributed by atoms with van der Waals surface area (Å²) in [5, 5.41) is 0. The Balaban J connectivity index is 2.23. The molecule has 2 rings (SSSR count). The Hall–Kier alpha value is -1.96. The van der Waals surface area contributed by atoms with E-state index in [4.69, 9.17) is 0 Å². The number of benzene rings is 1. The molecule has 130 valence electrons. The van der Waals surface area contributed by atoms with Gasteiger partial charge in [0.15, 0.2) is 5.69 Å². The molecule has 1 aromatic heterocycles. The zero-order valence-corrected chi connectivity index (χ0v) is 14.6. The number of aromatic nitrogens is 2. The van der Waals surface area contributed by atoms with Gasteiger partial charge in [-0.1, -0.05) is 24.3 Å². The highest BCUT2D eigenvalue weighted by molar-refractivity contribution is 7.85. The van der Waals surface area contributed by atoms with E-state index in [1.54, 1.807) is 24.3 Å². The molecule has 2 aromatic rings. The molecule has 8 heteroatoms. The third-order valence-electron chi connectivity index (χ3n) is 3.16. The summed E-state index contributed by atoms with van der Waals surface area (Å²) in [6, 6.07) is 6.70. The van der Waals surface area contributed by atoms with Crippen LogP contribution in [0.4, 0.5) is 13.2 Å². The highest BCUT2D eigenvalue weighted by atomic mass is 32.2. The largest absolute Gasteiger partial charge is 0.434 e. The normalized spacial score (nSPS) is 14.3. The molecule has 0 saturated heterocycles. The minimum absolute atomic E-state index is 0.226. The number of hydrogen-bond donors (Lipinski definition) is 0. The molecule has 0 bridgehead atoms. The van der Waals surface area contributed by atoms with Crippen molar-refractivity contribution in [1.82, 2.24) is 9.55 Å². The highest BCUT2D eigenvalue weighted by Crippen LogP contribution is 2.30. The Morgan fingerprint density at radius 3 is 2.21 bits per heavy atom. The zero-order valence-electron chi connectivity index (χ0n) is 13.8. The summed E-state index contributed by atoms with van der Waals surface area (Å²) in [6.45, 7) is 5.47. The van der Waals surface area contributed by atoms with Crippen LogP contribution < -0.4 is 0 Å². The fourth-order valence-corrected chi connectivity index (χ4v) is 2.39. The van der Waals surface area contributed by atoms with Crippen molar-refractivity contribution < 1.29 is 17.4 Å². The molecule has 0 spiro atoms. The SMILES string of the molecule is Cn1cc(C(F)(F)F)nc1-c1ccc(/C=N/[S@](=O)C(C)(C)C)cc1. The standard InChI is InChI=1S/C16H18F3N3OS/c1-15(2,3)24(23)20-9-11-5-7-12(8-6-11)14-21-13(10-22(14)4)16(17,18)19/h5-10H,1-4H3/b20-9+/t24-/m1/s1. The molecule has 1 aromatic carbocycles. The lowest BCUT2D eigenvalue weighted by atomic mass is 10.1. The first kappa shape index (κ1) is 18.4. The number of rotatable bonds is 3. The van der Waals surface area contributed by atoms with Gasteiger partial charge < -0.3 is 4.57 Å². The second-order valence-electron chi connectivity index (χ2n) is 6.28. The van der Waals surface area contributed by atoms with Gasteiger partial charge in [-0.05, 0) is 26.3 Å². The van der Waals surface area contributed by atoms with Gasteiger partial charge in [-0.2, -0.15) is 17.6 Å². The lowest BCUT2D eigenvalue weighted by molar-refractivity contribution is -0.140. The fraction of sp³-hybridized carbons (Fsp3) is 0.375. The van der Waals surface area contributed by atoms with Gasteiger partial charge >= 0.3 is 6.18 Å². The molecule has 1 heterocycles. The van der Waals surface area contributed by atoms with Crippen LogP contribution in [0, 0.1) is 0 Å². The molecule has 0 N–H and O–H groups in total. The van der Waals surface area contributed by atoms with Crippen LogP contribution in [0.2, 0.25) is 0 Å². The molecule has 0 aliphatic heterocycles. The summed E-state index contributed by atoms with van der Waals surface area (Å²) in [6.07, 6.45) is -2.03. The number of imidazole rings is 1. The predicted molar refractivity (Wildman–Crippen MR) is 89.1 cm³/mol. The smallest absolute Gasteiger partial charge is 0.333 e. The predicted octanol–water partition coefficient (Wildman–Crippen LogP) is 3.99. The van der Waals surface area contributed by atoms with Crippen LogP contribution in [0.5, 0.6) is 0 Å². The molecule has 0 amide bonds. The molecule has 1 atom stereocenters. The Labute approximate surface area is 141 Å². The van der Waals surface area contributed by atoms with E-state index in [2.05, 4.69) is 9.38 Å². The second kappa shape index (κ2) is 6.51. The third-order valence-corrected chi connectivity index (χ3v) is 4.50. The molecule has 4 nitrogen and oxygen atoms in total. The van der Waals surface area contributed by atoms with Crippen LogP contribution in [-0.4, -0.2) is 24.7 Å². The van der Waals surface area contributed by atoms with E-state index in [0.717, 1.165) is 6.20 Å². The maximum atomic E-state index is 12.7. The number of hydrogen-bond acceptors (Lipinski definition) is 2. The first-order valence-electron chi connectivity index (χ1n) is 7.15. The molecule has 0 unspecified atom stereocenters. The van der Waals surface area contributed by atoms with Crippen molar-refractivity contribution in [2.45, 2.75) is 31.7 Å². The minimum atomic E-state index is -4.47. The van der Waals surface area contributed by atoms with Crippen LogP contribution in [0.1, 0.15) is 32.0 Å². The third kappa shape index (κ3) is 4.31. The average Bonchev–Trinajstić information content (AvgIpc) is 2.86. The summed E-state index contributed by atoms with van der Waals surface area (Å²) in [4.78, 5) is 3.64. The molecule has 0 aliphatic carbocycles. The van der Waals surface area contributed by atoms with Crippen LogP contribution in [0.3, 0.4) is 0 Å². The van der Waals surface area contributed by atoms with Crippen molar-refractivity contribution in [2.24, 2.45) is 11.4 Å². The number of nitrogens with zero attached hydrogens (tertiary/aromatic N) is 3. The van der Waals surface area contributed by atoms with Gasteiger partial charge in [0.1, 0.15) is 16.8 Å². The van der Waals surface area contributed by atoms with Crippen LogP contribution in [0.15, 0.2) is 34.9 Å². The monoisotopic (exact) mass is 357 g/mol. The van der Waals surface area contributed by atoms with Gasteiger partial charge in [-0.15, -0.1) is 0 Å². The Bertz CT molecular complexity index is 771. The van der Waals surface area contributed by atoms with Gasteiger partial charge in [0.25, 0.3) is 0 Å². The van der Waals surface area contributed by atoms with Crippen LogP contribution in [0.25, 0.3) is 11.4 Å². The van der Waals surface area contributed by atoms with Crippen molar-refractivity contribution in [3.63, 3.8) is 0 Å². The van der Waals surface area contributed by atoms with Crippen LogP contribution in [-0.2, 0) is 24.2 Å². The maximum Gasteiger partial charge on any atom is 0.434 e. The molecule has 0 fully saturated rings. The summed E-state index contributed by atoms with van der Waals surface area (Å²) in [5.74, 6) is 0.226. The van der Waals surface area contributed by atoms with Gasteiger partial charge in [0, 0.05) is 25.0 Å². The zero-order chi connectivity index (χ0) is 18.1. The highest BCUT2D eigenvalue weighted by Gasteiger charge is 2.34. The Kier molecular flexibility index (Phi) is 4.98. The summed E-state index contributed by atoms with van der Waals surface area (Å²) < 4.78 is 54.9. The summed E-state index contributed by atoms with van der Waals surface area (Å²) >= 11 is 0. The number of alkyl halides is 3. The van der Waals surface area contributed by atoms with Gasteiger partial charge in [-0.25, -0.2) is 9.19 Å². The van der Waals surface area contributed by atoms with E-state index in [0.29, 0.717) is 11.1 Å². The van der Waals surface area contributed by atoms with E-state index in [1.807, 2.05) is 20.8 Å². The lowest BCUT2D eigenvalue weighted by Crippen LogP contribution is -2.19. The van der Waals surface area contributed by atoms with Crippen molar-refractivity contribution in [2.75, 3.05) is 0 Å². The topological polar surface area (TPSA) is 47.2 Å². The number of aryl methyl sites for hydroxylation is 1. The van der Waals surface area contributed by atoms with E-state index >= 15 is 0 Å². The average molecular weight is 357 g/mol. The van der Waals surface area contributed by atoms with Gasteiger partial charge in [0.05, 0.1) is 4.75 Å². The molecule has 0 saturated carbocycles. The van der Waals surface area contributed by atoms with Gasteiger partial charge in [-0.3, -0.25) is 0 Å². The summed E-state index contributed by atoms with van der Waals surface area (Å²) in [5.41, 5.74) is 0.343. The number of halogens is 3. The summed E-state index contributed by atoms with van der Waals surface area (Å²) in [7, 11) is 0.152. The van der Waals surface area contributed by atoms with Crippen molar-refractivity contribution >= 4 is 17.2 Å². The molecule has 0 radical (unpaired) electrons. The first-order valence-corrected chi connectivity index (χ1v) is 8.26. The molecular formula is C16H18F3N3OS. The minimum Gasteiger partial charge on any atom is -0.333 e. The molecule has 24 heavy (non-hydrogen) atoms. The lowest BCUT2D eigenvalue weighted by Gasteiger charge is -2.12. The van der Waals surface area contributed by atoms with Crippen molar-refractivity contribution in [3.8, 4) is 11.4 Å². The van der Waals surface area contributed by atoms with E-state index in [1.165, 1.54) is 17.8 Å². The van der Waals surface area contributed by atoms with Crippen LogP contribution >= 0.6 is 0 Å². The van der Waals surface area contributed by atoms with E-state index < -0.39 is 27.6 Å². The Morgan fingerprint density at radius 1 is 1.17 bits per heavy atom. The molecular weight excluding hydrogens is 339 g/mol. The van der Waals surface area contributed by atoms with Crippen molar-refractivity contribution in [1.29, 1.82) is 0 Å². The maximum absolute atomic E-state index is 12.7. The second-order valence-corrected chi connectivity index (χ2v) is 8.21. The first-order chi connectivity index (χ1) is 11.0. The van der Waals surface area contributed by atoms with E-state index in [-0.39, 0.29) is 5.82 Å². The fourth-order valence-electron chi connectivity index (χ4n) is 1.86.